The molecule has 3 amide bonds. The molecule has 0 spiro atoms. The van der Waals surface area contributed by atoms with Crippen molar-refractivity contribution in [3.05, 3.63) is 119 Å². The first kappa shape index (κ1) is 24.0. The number of amides is 3. The van der Waals surface area contributed by atoms with E-state index >= 15 is 0 Å². The van der Waals surface area contributed by atoms with E-state index in [9.17, 15) is 14.4 Å². The van der Waals surface area contributed by atoms with Gasteiger partial charge >= 0.3 is 0 Å². The zero-order chi connectivity index (χ0) is 25.9. The van der Waals surface area contributed by atoms with Crippen LogP contribution in [0.4, 0.5) is 5.69 Å². The molecule has 8 heteroatoms. The van der Waals surface area contributed by atoms with E-state index in [0.717, 1.165) is 22.5 Å². The lowest BCUT2D eigenvalue weighted by molar-refractivity contribution is 0.0826. The molecule has 0 radical (unpaired) electrons. The number of fused-ring (bicyclic) bond motifs is 2. The first-order chi connectivity index (χ1) is 17.9. The number of para-hydroxylation sites is 1. The number of anilines is 1. The van der Waals surface area contributed by atoms with Gasteiger partial charge in [0.1, 0.15) is 5.69 Å². The van der Waals surface area contributed by atoms with Crippen molar-refractivity contribution < 1.29 is 14.4 Å². The molecule has 0 aliphatic carbocycles. The fraction of sp³-hybridized carbons (Fsp3) is 0.172. The Morgan fingerprint density at radius 1 is 0.892 bits per heavy atom. The van der Waals surface area contributed by atoms with Crippen LogP contribution in [0.1, 0.15) is 48.0 Å². The number of pyridine rings is 1. The number of hydrogen-bond acceptors (Lipinski definition) is 4. The monoisotopic (exact) mass is 493 g/mol. The van der Waals surface area contributed by atoms with Crippen LogP contribution < -0.4 is 10.2 Å². The highest BCUT2D eigenvalue weighted by atomic mass is 16.2. The maximum Gasteiger partial charge on any atom is 0.268 e. The smallest absolute Gasteiger partial charge is 0.268 e. The summed E-state index contributed by atoms with van der Waals surface area (Å²) in [6.45, 7) is 1.15. The molecule has 1 N–H and O–H groups in total. The van der Waals surface area contributed by atoms with Crippen LogP contribution in [-0.4, -0.2) is 46.3 Å². The molecule has 2 aromatic carbocycles. The van der Waals surface area contributed by atoms with Gasteiger partial charge < -0.3 is 19.7 Å². The third kappa shape index (κ3) is 4.86. The van der Waals surface area contributed by atoms with Crippen LogP contribution in [0.2, 0.25) is 0 Å². The predicted octanol–water partition coefficient (Wildman–Crippen LogP) is 3.72. The van der Waals surface area contributed by atoms with E-state index in [4.69, 9.17) is 0 Å². The molecular weight excluding hydrogens is 466 g/mol. The minimum Gasteiger partial charge on any atom is -0.347 e. The van der Waals surface area contributed by atoms with Crippen molar-refractivity contribution in [3.8, 4) is 0 Å². The van der Waals surface area contributed by atoms with Crippen molar-refractivity contribution in [2.24, 2.45) is 0 Å². The van der Waals surface area contributed by atoms with Crippen molar-refractivity contribution in [1.29, 1.82) is 0 Å². The van der Waals surface area contributed by atoms with Crippen molar-refractivity contribution in [2.45, 2.75) is 19.6 Å². The Kier molecular flexibility index (Phi) is 6.55. The Morgan fingerprint density at radius 2 is 1.65 bits per heavy atom. The van der Waals surface area contributed by atoms with E-state index in [0.29, 0.717) is 36.5 Å². The van der Waals surface area contributed by atoms with E-state index in [1.165, 1.54) is 4.90 Å². The second kappa shape index (κ2) is 10.1. The average molecular weight is 494 g/mol. The summed E-state index contributed by atoms with van der Waals surface area (Å²) in [7, 11) is 3.39. The first-order valence-corrected chi connectivity index (χ1v) is 12.0. The SMILES string of the molecule is CN(C)C(=O)c1ccc(C(=O)N2Cc3ccc(C(=O)NCc4cccnc4)n3Cc3ccccc32)cc1. The van der Waals surface area contributed by atoms with Crippen molar-refractivity contribution in [2.75, 3.05) is 19.0 Å². The number of carbonyl (C=O) groups excluding carboxylic acids is 3. The zero-order valence-electron chi connectivity index (χ0n) is 20.7. The molecule has 0 unspecified atom stereocenters. The number of rotatable bonds is 5. The summed E-state index contributed by atoms with van der Waals surface area (Å²) in [6.07, 6.45) is 3.42. The Bertz CT molecular complexity index is 1460. The molecule has 0 saturated carbocycles. The van der Waals surface area contributed by atoms with Gasteiger partial charge in [-0.1, -0.05) is 24.3 Å². The quantitative estimate of drug-likeness (QED) is 0.459. The second-order valence-corrected chi connectivity index (χ2v) is 9.14. The molecule has 37 heavy (non-hydrogen) atoms. The van der Waals surface area contributed by atoms with E-state index in [2.05, 4.69) is 10.3 Å². The van der Waals surface area contributed by atoms with Gasteiger partial charge in [0.05, 0.1) is 13.1 Å². The Hall–Kier alpha value is -4.72. The number of hydrogen-bond donors (Lipinski definition) is 1. The number of nitrogens with zero attached hydrogens (tertiary/aromatic N) is 4. The van der Waals surface area contributed by atoms with Gasteiger partial charge in [0.25, 0.3) is 17.7 Å². The van der Waals surface area contributed by atoms with Crippen LogP contribution in [0.25, 0.3) is 0 Å². The summed E-state index contributed by atoms with van der Waals surface area (Å²) >= 11 is 0. The van der Waals surface area contributed by atoms with E-state index in [1.54, 1.807) is 61.7 Å². The first-order valence-electron chi connectivity index (χ1n) is 12.0. The molecule has 0 bridgehead atoms. The highest BCUT2D eigenvalue weighted by Crippen LogP contribution is 2.30. The highest BCUT2D eigenvalue weighted by Gasteiger charge is 2.27. The largest absolute Gasteiger partial charge is 0.347 e. The van der Waals surface area contributed by atoms with Crippen molar-refractivity contribution >= 4 is 23.4 Å². The van der Waals surface area contributed by atoms with Crippen LogP contribution >= 0.6 is 0 Å². The molecular formula is C29H27N5O3. The number of benzene rings is 2. The summed E-state index contributed by atoms with van der Waals surface area (Å²) in [4.78, 5) is 46.3. The number of nitrogens with one attached hydrogen (secondary N) is 1. The van der Waals surface area contributed by atoms with Crippen molar-refractivity contribution in [1.82, 2.24) is 19.8 Å². The summed E-state index contributed by atoms with van der Waals surface area (Å²) in [6, 6.07) is 21.9. The van der Waals surface area contributed by atoms with Crippen LogP contribution in [0.15, 0.2) is 85.2 Å². The van der Waals surface area contributed by atoms with E-state index in [-0.39, 0.29) is 17.7 Å². The lowest BCUT2D eigenvalue weighted by Gasteiger charge is -2.23. The summed E-state index contributed by atoms with van der Waals surface area (Å²) in [5.41, 5.74) is 5.05. The summed E-state index contributed by atoms with van der Waals surface area (Å²) in [5, 5.41) is 2.97. The van der Waals surface area contributed by atoms with Gasteiger partial charge in [-0.15, -0.1) is 0 Å². The molecule has 1 aliphatic heterocycles. The van der Waals surface area contributed by atoms with Gasteiger partial charge in [0.2, 0.25) is 0 Å². The molecule has 2 aromatic heterocycles. The molecule has 1 aliphatic rings. The van der Waals surface area contributed by atoms with Gasteiger partial charge in [-0.25, -0.2) is 0 Å². The summed E-state index contributed by atoms with van der Waals surface area (Å²) in [5.74, 6) is -0.478. The predicted molar refractivity (Wildman–Crippen MR) is 140 cm³/mol. The molecule has 0 fully saturated rings. The molecule has 4 aromatic rings. The summed E-state index contributed by atoms with van der Waals surface area (Å²) < 4.78 is 1.96. The number of aromatic nitrogens is 2. The van der Waals surface area contributed by atoms with Gasteiger partial charge in [-0.05, 0) is 59.7 Å². The van der Waals surface area contributed by atoms with Gasteiger partial charge in [0.15, 0.2) is 0 Å². The molecule has 186 valence electrons. The van der Waals surface area contributed by atoms with Crippen LogP contribution in [0.3, 0.4) is 0 Å². The topological polar surface area (TPSA) is 87.5 Å². The van der Waals surface area contributed by atoms with Gasteiger partial charge in [-0.3, -0.25) is 19.4 Å². The Morgan fingerprint density at radius 3 is 2.38 bits per heavy atom. The molecule has 3 heterocycles. The fourth-order valence-electron chi connectivity index (χ4n) is 4.48. The van der Waals surface area contributed by atoms with Gasteiger partial charge in [-0.2, -0.15) is 0 Å². The van der Waals surface area contributed by atoms with Crippen LogP contribution in [0.5, 0.6) is 0 Å². The van der Waals surface area contributed by atoms with Crippen LogP contribution in [-0.2, 0) is 19.6 Å². The lowest BCUT2D eigenvalue weighted by Crippen LogP contribution is -2.31. The van der Waals surface area contributed by atoms with Crippen molar-refractivity contribution in [3.63, 3.8) is 0 Å². The normalized spacial score (nSPS) is 12.2. The standard InChI is InChI=1S/C29H27N5O3/c1-32(2)28(36)21-9-11-22(12-10-21)29(37)34-19-24-13-14-26(27(35)31-17-20-6-5-15-30-16-20)33(24)18-23-7-3-4-8-25(23)34/h3-16H,17-19H2,1-2H3,(H,31,35). The maximum absolute atomic E-state index is 13.7. The number of carbonyl (C=O) groups is 3. The van der Waals surface area contributed by atoms with Crippen LogP contribution in [0, 0.1) is 0 Å². The third-order valence-corrected chi connectivity index (χ3v) is 6.44. The highest BCUT2D eigenvalue weighted by molar-refractivity contribution is 6.07. The zero-order valence-corrected chi connectivity index (χ0v) is 20.7. The van der Waals surface area contributed by atoms with E-state index < -0.39 is 0 Å². The fourth-order valence-corrected chi connectivity index (χ4v) is 4.48. The van der Waals surface area contributed by atoms with Gasteiger partial charge in [0, 0.05) is 55.5 Å². The minimum absolute atomic E-state index is 0.119. The Labute approximate surface area is 215 Å². The molecule has 8 nitrogen and oxygen atoms in total. The molecule has 5 rings (SSSR count). The molecule has 0 saturated heterocycles. The average Bonchev–Trinajstić information content (AvgIpc) is 3.24. The Balaban J connectivity index is 1.43. The second-order valence-electron chi connectivity index (χ2n) is 9.14. The maximum atomic E-state index is 13.7. The van der Waals surface area contributed by atoms with E-state index in [1.807, 2.05) is 47.0 Å². The minimum atomic E-state index is -0.187. The lowest BCUT2D eigenvalue weighted by atomic mass is 10.1. The third-order valence-electron chi connectivity index (χ3n) is 6.44. The molecule has 0 atom stereocenters.